The lowest BCUT2D eigenvalue weighted by Gasteiger charge is -2.09. The summed E-state index contributed by atoms with van der Waals surface area (Å²) in [4.78, 5) is 0. The Labute approximate surface area is 113 Å². The van der Waals surface area contributed by atoms with Crippen molar-refractivity contribution in [1.82, 2.24) is 4.72 Å². The Morgan fingerprint density at radius 3 is 2.42 bits per heavy atom. The van der Waals surface area contributed by atoms with Crippen LogP contribution in [0.2, 0.25) is 0 Å². The van der Waals surface area contributed by atoms with E-state index in [0.29, 0.717) is 5.56 Å². The highest BCUT2D eigenvalue weighted by atomic mass is 32.2. The van der Waals surface area contributed by atoms with E-state index in [4.69, 9.17) is 10.9 Å². The summed E-state index contributed by atoms with van der Waals surface area (Å²) < 4.78 is 25.8. The molecule has 0 saturated heterocycles. The van der Waals surface area contributed by atoms with Crippen LogP contribution in [0.1, 0.15) is 25.0 Å². The van der Waals surface area contributed by atoms with Crippen LogP contribution >= 0.6 is 0 Å². The molecule has 106 valence electrons. The first-order valence-corrected chi connectivity index (χ1v) is 7.53. The van der Waals surface area contributed by atoms with Crippen LogP contribution in [-0.4, -0.2) is 25.2 Å². The van der Waals surface area contributed by atoms with E-state index in [9.17, 15) is 8.42 Å². The molecule has 0 bridgehead atoms. The van der Waals surface area contributed by atoms with Gasteiger partial charge in [0.25, 0.3) is 0 Å². The Kier molecular flexibility index (Phi) is 5.31. The molecule has 7 heteroatoms. The summed E-state index contributed by atoms with van der Waals surface area (Å²) in [6.45, 7) is 3.93. The number of hydrogen-bond donors (Lipinski definition) is 3. The Morgan fingerprint density at radius 1 is 1.37 bits per heavy atom. The normalized spacial score (nSPS) is 12.9. The van der Waals surface area contributed by atoms with Crippen molar-refractivity contribution >= 4 is 15.9 Å². The molecule has 0 amide bonds. The van der Waals surface area contributed by atoms with Gasteiger partial charge in [0.15, 0.2) is 5.84 Å². The number of benzene rings is 1. The number of nitrogens with one attached hydrogen (secondary N) is 1. The number of sulfonamides is 1. The standard InChI is InChI=1S/C12H19N3O3S/c1-9(2)8-19(17,18)14-7-10-3-5-11(6-4-10)12(13)15-16/h3-6,9,14,16H,7-8H2,1-2H3,(H2,13,15). The highest BCUT2D eigenvalue weighted by Crippen LogP contribution is 2.05. The number of rotatable bonds is 6. The Morgan fingerprint density at radius 2 is 1.95 bits per heavy atom. The third-order valence-electron chi connectivity index (χ3n) is 2.41. The average Bonchev–Trinajstić information content (AvgIpc) is 2.34. The van der Waals surface area contributed by atoms with Crippen molar-refractivity contribution in [3.63, 3.8) is 0 Å². The molecule has 4 N–H and O–H groups in total. The van der Waals surface area contributed by atoms with Crippen molar-refractivity contribution in [3.8, 4) is 0 Å². The molecule has 0 atom stereocenters. The maximum atomic E-state index is 11.7. The summed E-state index contributed by atoms with van der Waals surface area (Å²) in [5.74, 6) is 0.210. The SMILES string of the molecule is CC(C)CS(=O)(=O)NCc1ccc(C(N)=NO)cc1. The molecule has 19 heavy (non-hydrogen) atoms. The van der Waals surface area contributed by atoms with E-state index in [0.717, 1.165) is 5.56 Å². The summed E-state index contributed by atoms with van der Waals surface area (Å²) in [7, 11) is -3.25. The summed E-state index contributed by atoms with van der Waals surface area (Å²) in [6.07, 6.45) is 0. The van der Waals surface area contributed by atoms with Crippen LogP contribution in [0, 0.1) is 5.92 Å². The molecular formula is C12H19N3O3S. The van der Waals surface area contributed by atoms with Crippen LogP contribution in [-0.2, 0) is 16.6 Å². The third kappa shape index (κ3) is 5.27. The first-order valence-electron chi connectivity index (χ1n) is 5.88. The number of nitrogens with two attached hydrogens (primary N) is 1. The predicted octanol–water partition coefficient (Wildman–Crippen LogP) is 0.856. The van der Waals surface area contributed by atoms with Crippen LogP contribution in [0.25, 0.3) is 0 Å². The first kappa shape index (κ1) is 15.5. The van der Waals surface area contributed by atoms with Gasteiger partial charge >= 0.3 is 0 Å². The number of nitrogens with zero attached hydrogens (tertiary/aromatic N) is 1. The van der Waals surface area contributed by atoms with Gasteiger partial charge in [0, 0.05) is 12.1 Å². The Balaban J connectivity index is 2.65. The fourth-order valence-electron chi connectivity index (χ4n) is 1.54. The van der Waals surface area contributed by atoms with E-state index in [1.54, 1.807) is 24.3 Å². The van der Waals surface area contributed by atoms with Gasteiger partial charge in [-0.3, -0.25) is 0 Å². The number of hydrogen-bond acceptors (Lipinski definition) is 4. The maximum absolute atomic E-state index is 11.7. The molecule has 1 aromatic carbocycles. The van der Waals surface area contributed by atoms with Crippen molar-refractivity contribution in [1.29, 1.82) is 0 Å². The molecule has 0 spiro atoms. The molecule has 0 aromatic heterocycles. The third-order valence-corrected chi connectivity index (χ3v) is 4.10. The minimum Gasteiger partial charge on any atom is -0.409 e. The van der Waals surface area contributed by atoms with Gasteiger partial charge in [-0.2, -0.15) is 0 Å². The van der Waals surface area contributed by atoms with Gasteiger partial charge in [-0.05, 0) is 11.5 Å². The van der Waals surface area contributed by atoms with E-state index in [1.165, 1.54) is 0 Å². The average molecular weight is 285 g/mol. The van der Waals surface area contributed by atoms with Gasteiger partial charge in [-0.25, -0.2) is 13.1 Å². The van der Waals surface area contributed by atoms with Crippen molar-refractivity contribution in [2.45, 2.75) is 20.4 Å². The van der Waals surface area contributed by atoms with Crippen molar-refractivity contribution < 1.29 is 13.6 Å². The molecule has 0 aliphatic carbocycles. The highest BCUT2D eigenvalue weighted by Gasteiger charge is 2.12. The van der Waals surface area contributed by atoms with Crippen LogP contribution in [0.5, 0.6) is 0 Å². The van der Waals surface area contributed by atoms with Crippen LogP contribution in [0.3, 0.4) is 0 Å². The van der Waals surface area contributed by atoms with Crippen LogP contribution < -0.4 is 10.5 Å². The lowest BCUT2D eigenvalue weighted by atomic mass is 10.1. The topological polar surface area (TPSA) is 105 Å². The zero-order valence-electron chi connectivity index (χ0n) is 11.0. The molecule has 1 rings (SSSR count). The van der Waals surface area contributed by atoms with E-state index >= 15 is 0 Å². The van der Waals surface area contributed by atoms with Crippen molar-refractivity contribution in [3.05, 3.63) is 35.4 Å². The van der Waals surface area contributed by atoms with Gasteiger partial charge in [-0.1, -0.05) is 43.3 Å². The molecule has 1 aromatic rings. The van der Waals surface area contributed by atoms with Crippen LogP contribution in [0.15, 0.2) is 29.4 Å². The predicted molar refractivity (Wildman–Crippen MR) is 74.4 cm³/mol. The second-order valence-corrected chi connectivity index (χ2v) is 6.53. The summed E-state index contributed by atoms with van der Waals surface area (Å²) in [6, 6.07) is 6.79. The quantitative estimate of drug-likeness (QED) is 0.312. The molecule has 0 aliphatic rings. The smallest absolute Gasteiger partial charge is 0.212 e. The van der Waals surface area contributed by atoms with Crippen molar-refractivity contribution in [2.75, 3.05) is 5.75 Å². The lowest BCUT2D eigenvalue weighted by Crippen LogP contribution is -2.28. The van der Waals surface area contributed by atoms with Crippen LogP contribution in [0.4, 0.5) is 0 Å². The van der Waals surface area contributed by atoms with Gasteiger partial charge < -0.3 is 10.9 Å². The van der Waals surface area contributed by atoms with Gasteiger partial charge in [-0.15, -0.1) is 0 Å². The summed E-state index contributed by atoms with van der Waals surface area (Å²) in [5, 5.41) is 11.4. The Hall–Kier alpha value is -1.60. The van der Waals surface area contributed by atoms with Gasteiger partial charge in [0.1, 0.15) is 0 Å². The molecule has 0 fully saturated rings. The maximum Gasteiger partial charge on any atom is 0.212 e. The first-order chi connectivity index (χ1) is 8.84. The van der Waals surface area contributed by atoms with E-state index < -0.39 is 10.0 Å². The van der Waals surface area contributed by atoms with Gasteiger partial charge in [0.05, 0.1) is 5.75 Å². The minimum absolute atomic E-state index is 0.0203. The van der Waals surface area contributed by atoms with E-state index in [1.807, 2.05) is 13.8 Å². The zero-order valence-corrected chi connectivity index (χ0v) is 11.8. The number of oxime groups is 1. The van der Waals surface area contributed by atoms with E-state index in [-0.39, 0.29) is 24.1 Å². The zero-order chi connectivity index (χ0) is 14.5. The fourth-order valence-corrected chi connectivity index (χ4v) is 2.92. The molecular weight excluding hydrogens is 266 g/mol. The number of amidine groups is 1. The molecule has 0 heterocycles. The molecule has 6 nitrogen and oxygen atoms in total. The highest BCUT2D eigenvalue weighted by molar-refractivity contribution is 7.89. The fraction of sp³-hybridized carbons (Fsp3) is 0.417. The Bertz CT molecular complexity index is 536. The largest absolute Gasteiger partial charge is 0.409 e. The lowest BCUT2D eigenvalue weighted by molar-refractivity contribution is 0.318. The minimum atomic E-state index is -3.25. The summed E-state index contributed by atoms with van der Waals surface area (Å²) in [5.41, 5.74) is 6.82. The molecule has 0 unspecified atom stereocenters. The van der Waals surface area contributed by atoms with E-state index in [2.05, 4.69) is 9.88 Å². The molecule has 0 radical (unpaired) electrons. The monoisotopic (exact) mass is 285 g/mol. The van der Waals surface area contributed by atoms with Crippen molar-refractivity contribution in [2.24, 2.45) is 16.8 Å². The van der Waals surface area contributed by atoms with Gasteiger partial charge in [0.2, 0.25) is 10.0 Å². The molecule has 0 aliphatic heterocycles. The summed E-state index contributed by atoms with van der Waals surface area (Å²) >= 11 is 0. The second kappa shape index (κ2) is 6.53. The molecule has 0 saturated carbocycles. The second-order valence-electron chi connectivity index (χ2n) is 4.68.